The van der Waals surface area contributed by atoms with E-state index in [4.69, 9.17) is 4.74 Å². The van der Waals surface area contributed by atoms with Crippen LogP contribution in [-0.4, -0.2) is 37.7 Å². The number of carbonyl (C=O) groups excluding carboxylic acids is 1. The van der Waals surface area contributed by atoms with Crippen molar-refractivity contribution in [2.24, 2.45) is 5.92 Å². The van der Waals surface area contributed by atoms with E-state index in [0.29, 0.717) is 12.6 Å². The summed E-state index contributed by atoms with van der Waals surface area (Å²) in [6.07, 6.45) is 2.05. The van der Waals surface area contributed by atoms with Gasteiger partial charge in [0.15, 0.2) is 0 Å². The molecule has 16 heavy (non-hydrogen) atoms. The number of piperidine rings is 1. The quantitative estimate of drug-likeness (QED) is 0.752. The molecule has 1 amide bonds. The number of rotatable bonds is 4. The van der Waals surface area contributed by atoms with Crippen LogP contribution in [-0.2, 0) is 9.53 Å². The van der Waals surface area contributed by atoms with Crippen LogP contribution in [0, 0.1) is 5.92 Å². The number of hydrogen-bond donors (Lipinski definition) is 2. The maximum absolute atomic E-state index is 12.0. The van der Waals surface area contributed by atoms with E-state index in [0.717, 1.165) is 19.4 Å². The van der Waals surface area contributed by atoms with Crippen molar-refractivity contribution in [1.82, 2.24) is 10.6 Å². The van der Waals surface area contributed by atoms with E-state index in [1.54, 1.807) is 7.11 Å². The minimum Gasteiger partial charge on any atom is -0.382 e. The molecule has 1 rings (SSSR count). The summed E-state index contributed by atoms with van der Waals surface area (Å²) in [7, 11) is 1.65. The molecule has 0 radical (unpaired) electrons. The van der Waals surface area contributed by atoms with Gasteiger partial charge in [0, 0.05) is 19.7 Å². The number of carbonyl (C=O) groups is 1. The van der Waals surface area contributed by atoms with Gasteiger partial charge in [-0.25, -0.2) is 0 Å². The van der Waals surface area contributed by atoms with Crippen LogP contribution in [0.4, 0.5) is 0 Å². The van der Waals surface area contributed by atoms with Gasteiger partial charge in [-0.05, 0) is 33.6 Å². The first-order valence-corrected chi connectivity index (χ1v) is 5.99. The molecule has 94 valence electrons. The summed E-state index contributed by atoms with van der Waals surface area (Å²) in [5.41, 5.74) is -0.283. The summed E-state index contributed by atoms with van der Waals surface area (Å²) in [4.78, 5) is 12.0. The first kappa shape index (κ1) is 13.5. The van der Waals surface area contributed by atoms with Crippen molar-refractivity contribution >= 4 is 5.91 Å². The lowest BCUT2D eigenvalue weighted by Gasteiger charge is -2.31. The Labute approximate surface area is 98.1 Å². The minimum absolute atomic E-state index is 0.104. The molecule has 4 nitrogen and oxygen atoms in total. The predicted molar refractivity (Wildman–Crippen MR) is 64.3 cm³/mol. The Morgan fingerprint density at radius 3 is 2.69 bits per heavy atom. The third-order valence-corrected chi connectivity index (χ3v) is 3.00. The Bertz CT molecular complexity index is 233. The number of amides is 1. The molecule has 1 aliphatic heterocycles. The standard InChI is InChI=1S/C12H24N2O2/c1-9-5-6-10(7-13-9)11(15)14-12(2,3)8-16-4/h9-10,13H,5-8H2,1-4H3,(H,14,15). The van der Waals surface area contributed by atoms with E-state index in [1.165, 1.54) is 0 Å². The van der Waals surface area contributed by atoms with Crippen molar-refractivity contribution in [3.63, 3.8) is 0 Å². The van der Waals surface area contributed by atoms with Gasteiger partial charge in [0.2, 0.25) is 5.91 Å². The van der Waals surface area contributed by atoms with Gasteiger partial charge in [-0.15, -0.1) is 0 Å². The van der Waals surface area contributed by atoms with Gasteiger partial charge in [0.1, 0.15) is 0 Å². The molecule has 0 aromatic carbocycles. The number of hydrogen-bond acceptors (Lipinski definition) is 3. The predicted octanol–water partition coefficient (Wildman–Crippen LogP) is 0.916. The van der Waals surface area contributed by atoms with Crippen LogP contribution in [0.5, 0.6) is 0 Å². The molecule has 2 N–H and O–H groups in total. The van der Waals surface area contributed by atoms with Crippen molar-refractivity contribution in [2.45, 2.75) is 45.2 Å². The highest BCUT2D eigenvalue weighted by Gasteiger charge is 2.28. The zero-order chi connectivity index (χ0) is 12.2. The van der Waals surface area contributed by atoms with E-state index < -0.39 is 0 Å². The maximum atomic E-state index is 12.0. The zero-order valence-electron chi connectivity index (χ0n) is 10.8. The molecule has 0 bridgehead atoms. The number of ether oxygens (including phenoxy) is 1. The van der Waals surface area contributed by atoms with Crippen LogP contribution in [0.25, 0.3) is 0 Å². The Morgan fingerprint density at radius 1 is 1.50 bits per heavy atom. The Balaban J connectivity index is 2.40. The van der Waals surface area contributed by atoms with Gasteiger partial charge >= 0.3 is 0 Å². The molecule has 0 saturated carbocycles. The molecule has 0 aliphatic carbocycles. The zero-order valence-corrected chi connectivity index (χ0v) is 10.8. The van der Waals surface area contributed by atoms with Crippen LogP contribution < -0.4 is 10.6 Å². The van der Waals surface area contributed by atoms with Gasteiger partial charge in [0.05, 0.1) is 18.1 Å². The highest BCUT2D eigenvalue weighted by atomic mass is 16.5. The molecule has 2 unspecified atom stereocenters. The smallest absolute Gasteiger partial charge is 0.224 e. The Hall–Kier alpha value is -0.610. The van der Waals surface area contributed by atoms with Crippen LogP contribution in [0.1, 0.15) is 33.6 Å². The van der Waals surface area contributed by atoms with E-state index in [-0.39, 0.29) is 17.4 Å². The Kier molecular flexibility index (Phi) is 4.74. The average molecular weight is 228 g/mol. The fourth-order valence-corrected chi connectivity index (χ4v) is 2.06. The summed E-state index contributed by atoms with van der Waals surface area (Å²) < 4.78 is 5.08. The van der Waals surface area contributed by atoms with Crippen LogP contribution in [0.3, 0.4) is 0 Å². The van der Waals surface area contributed by atoms with Crippen molar-refractivity contribution in [2.75, 3.05) is 20.3 Å². The van der Waals surface area contributed by atoms with Gasteiger partial charge in [-0.1, -0.05) is 0 Å². The minimum atomic E-state index is -0.283. The fourth-order valence-electron chi connectivity index (χ4n) is 2.06. The van der Waals surface area contributed by atoms with Gasteiger partial charge in [-0.2, -0.15) is 0 Å². The monoisotopic (exact) mass is 228 g/mol. The van der Waals surface area contributed by atoms with Gasteiger partial charge in [0.25, 0.3) is 0 Å². The number of methoxy groups -OCH3 is 1. The molecule has 0 spiro atoms. The Morgan fingerprint density at radius 2 is 2.19 bits per heavy atom. The fraction of sp³-hybridized carbons (Fsp3) is 0.917. The second kappa shape index (κ2) is 5.64. The third kappa shape index (κ3) is 4.10. The second-order valence-corrected chi connectivity index (χ2v) is 5.39. The molecular weight excluding hydrogens is 204 g/mol. The molecule has 2 atom stereocenters. The molecular formula is C12H24N2O2. The van der Waals surface area contributed by atoms with E-state index in [1.807, 2.05) is 13.8 Å². The summed E-state index contributed by atoms with van der Waals surface area (Å²) in [6, 6.07) is 0.538. The molecule has 1 heterocycles. The van der Waals surface area contributed by atoms with E-state index >= 15 is 0 Å². The van der Waals surface area contributed by atoms with E-state index in [2.05, 4.69) is 17.6 Å². The SMILES string of the molecule is COCC(C)(C)NC(=O)C1CCC(C)NC1. The molecule has 1 fully saturated rings. The summed E-state index contributed by atoms with van der Waals surface area (Å²) >= 11 is 0. The lowest BCUT2D eigenvalue weighted by Crippen LogP contribution is -2.52. The van der Waals surface area contributed by atoms with Crippen LogP contribution in [0.15, 0.2) is 0 Å². The maximum Gasteiger partial charge on any atom is 0.224 e. The van der Waals surface area contributed by atoms with Crippen LogP contribution >= 0.6 is 0 Å². The molecule has 0 aromatic rings. The summed E-state index contributed by atoms with van der Waals surface area (Å²) in [6.45, 7) is 7.44. The largest absolute Gasteiger partial charge is 0.382 e. The van der Waals surface area contributed by atoms with Gasteiger partial charge < -0.3 is 15.4 Å². The van der Waals surface area contributed by atoms with Crippen molar-refractivity contribution in [3.8, 4) is 0 Å². The second-order valence-electron chi connectivity index (χ2n) is 5.39. The van der Waals surface area contributed by atoms with Gasteiger partial charge in [-0.3, -0.25) is 4.79 Å². The third-order valence-electron chi connectivity index (χ3n) is 3.00. The lowest BCUT2D eigenvalue weighted by atomic mass is 9.93. The molecule has 1 aliphatic rings. The van der Waals surface area contributed by atoms with Crippen LogP contribution in [0.2, 0.25) is 0 Å². The highest BCUT2D eigenvalue weighted by molar-refractivity contribution is 5.79. The molecule has 1 saturated heterocycles. The normalized spacial score (nSPS) is 26.5. The van der Waals surface area contributed by atoms with Crippen molar-refractivity contribution < 1.29 is 9.53 Å². The van der Waals surface area contributed by atoms with Crippen molar-refractivity contribution in [1.29, 1.82) is 0 Å². The first-order chi connectivity index (χ1) is 7.44. The molecule has 4 heteroatoms. The number of nitrogens with one attached hydrogen (secondary N) is 2. The highest BCUT2D eigenvalue weighted by Crippen LogP contribution is 2.15. The first-order valence-electron chi connectivity index (χ1n) is 5.99. The summed E-state index contributed by atoms with van der Waals surface area (Å²) in [5.74, 6) is 0.244. The summed E-state index contributed by atoms with van der Waals surface area (Å²) in [5, 5.41) is 6.38. The topological polar surface area (TPSA) is 50.4 Å². The molecule has 0 aromatic heterocycles. The lowest BCUT2D eigenvalue weighted by molar-refractivity contribution is -0.127. The average Bonchev–Trinajstić information content (AvgIpc) is 2.17. The van der Waals surface area contributed by atoms with Crippen molar-refractivity contribution in [3.05, 3.63) is 0 Å². The van der Waals surface area contributed by atoms with E-state index in [9.17, 15) is 4.79 Å².